The van der Waals surface area contributed by atoms with Gasteiger partial charge in [0.2, 0.25) is 0 Å². The van der Waals surface area contributed by atoms with Gasteiger partial charge in [0.05, 0.1) is 7.11 Å². The third kappa shape index (κ3) is 4.41. The van der Waals surface area contributed by atoms with Crippen LogP contribution in [0.3, 0.4) is 0 Å². The Balaban J connectivity index is 3.23. The van der Waals surface area contributed by atoms with Crippen molar-refractivity contribution in [2.75, 3.05) is 25.1 Å². The minimum Gasteiger partial charge on any atom is -0.496 e. The molecule has 3 heteroatoms. The molecule has 0 radical (unpaired) electrons. The molecule has 0 spiro atoms. The van der Waals surface area contributed by atoms with Gasteiger partial charge in [0, 0.05) is 30.4 Å². The van der Waals surface area contributed by atoms with E-state index in [1.807, 2.05) is 19.1 Å². The number of hydrogen-bond acceptors (Lipinski definition) is 3. The van der Waals surface area contributed by atoms with E-state index in [1.165, 1.54) is 5.69 Å². The number of ether oxygens (including phenoxy) is 1. The molecule has 2 N–H and O–H groups in total. The molecule has 3 nitrogen and oxygen atoms in total. The standard InChI is InChI=1S/C17H30N2O/c1-12(2)10-19(11-13(3)4)15-8-7-9-16(20-6)17(15)14(5)18/h7-9,12-14H,10-11,18H2,1-6H3/t14-/m0/s1. The molecule has 20 heavy (non-hydrogen) atoms. The highest BCUT2D eigenvalue weighted by Crippen LogP contribution is 2.34. The first kappa shape index (κ1) is 16.8. The monoisotopic (exact) mass is 278 g/mol. The van der Waals surface area contributed by atoms with Gasteiger partial charge in [0.1, 0.15) is 5.75 Å². The molecular weight excluding hydrogens is 248 g/mol. The molecule has 0 amide bonds. The highest BCUT2D eigenvalue weighted by Gasteiger charge is 2.19. The average Bonchev–Trinajstić information content (AvgIpc) is 2.35. The molecular formula is C17H30N2O. The summed E-state index contributed by atoms with van der Waals surface area (Å²) in [6.07, 6.45) is 0. The van der Waals surface area contributed by atoms with Crippen LogP contribution in [0.2, 0.25) is 0 Å². The number of nitrogens with two attached hydrogens (primary N) is 1. The first-order valence-electron chi connectivity index (χ1n) is 7.54. The summed E-state index contributed by atoms with van der Waals surface area (Å²) in [7, 11) is 1.71. The van der Waals surface area contributed by atoms with Crippen LogP contribution in [-0.2, 0) is 0 Å². The third-order valence-electron chi connectivity index (χ3n) is 3.23. The van der Waals surface area contributed by atoms with Crippen molar-refractivity contribution >= 4 is 5.69 Å². The first-order valence-corrected chi connectivity index (χ1v) is 7.54. The fraction of sp³-hybridized carbons (Fsp3) is 0.647. The molecule has 0 saturated carbocycles. The highest BCUT2D eigenvalue weighted by atomic mass is 16.5. The maximum Gasteiger partial charge on any atom is 0.125 e. The molecule has 0 aliphatic rings. The lowest BCUT2D eigenvalue weighted by molar-refractivity contribution is 0.406. The van der Waals surface area contributed by atoms with Crippen LogP contribution in [0.1, 0.15) is 46.2 Å². The van der Waals surface area contributed by atoms with Gasteiger partial charge >= 0.3 is 0 Å². The normalized spacial score (nSPS) is 12.8. The van der Waals surface area contributed by atoms with Crippen LogP contribution in [0.5, 0.6) is 5.75 Å². The van der Waals surface area contributed by atoms with E-state index in [1.54, 1.807) is 7.11 Å². The van der Waals surface area contributed by atoms with Gasteiger partial charge in [-0.2, -0.15) is 0 Å². The molecule has 0 aromatic heterocycles. The molecule has 0 saturated heterocycles. The quantitative estimate of drug-likeness (QED) is 0.823. The van der Waals surface area contributed by atoms with Crippen molar-refractivity contribution in [3.8, 4) is 5.75 Å². The lowest BCUT2D eigenvalue weighted by atomic mass is 10.0. The minimum absolute atomic E-state index is 0.0389. The molecule has 1 aromatic carbocycles. The summed E-state index contributed by atoms with van der Waals surface area (Å²) in [4.78, 5) is 2.44. The number of benzene rings is 1. The summed E-state index contributed by atoms with van der Waals surface area (Å²) in [5.74, 6) is 2.11. The van der Waals surface area contributed by atoms with Crippen LogP contribution in [0.15, 0.2) is 18.2 Å². The van der Waals surface area contributed by atoms with E-state index in [-0.39, 0.29) is 6.04 Å². The smallest absolute Gasteiger partial charge is 0.125 e. The van der Waals surface area contributed by atoms with E-state index < -0.39 is 0 Å². The Morgan fingerprint density at radius 3 is 2.00 bits per heavy atom. The van der Waals surface area contributed by atoms with E-state index in [0.29, 0.717) is 11.8 Å². The van der Waals surface area contributed by atoms with E-state index >= 15 is 0 Å². The zero-order valence-electron chi connectivity index (χ0n) is 13.8. The summed E-state index contributed by atoms with van der Waals surface area (Å²) < 4.78 is 5.50. The Morgan fingerprint density at radius 1 is 1.05 bits per heavy atom. The molecule has 1 aromatic rings. The van der Waals surface area contributed by atoms with E-state index in [9.17, 15) is 0 Å². The van der Waals surface area contributed by atoms with Gasteiger partial charge in [-0.3, -0.25) is 0 Å². The molecule has 1 atom stereocenters. The minimum atomic E-state index is -0.0389. The Kier molecular flexibility index (Phi) is 6.34. The van der Waals surface area contributed by atoms with E-state index in [2.05, 4.69) is 38.7 Å². The first-order chi connectivity index (χ1) is 9.36. The number of nitrogens with zero attached hydrogens (tertiary/aromatic N) is 1. The van der Waals surface area contributed by atoms with Gasteiger partial charge in [0.25, 0.3) is 0 Å². The maximum atomic E-state index is 6.18. The van der Waals surface area contributed by atoms with Crippen molar-refractivity contribution in [3.05, 3.63) is 23.8 Å². The second kappa shape index (κ2) is 7.53. The largest absolute Gasteiger partial charge is 0.496 e. The number of anilines is 1. The SMILES string of the molecule is COc1cccc(N(CC(C)C)CC(C)C)c1[C@H](C)N. The van der Waals surface area contributed by atoms with Crippen molar-refractivity contribution < 1.29 is 4.74 Å². The Hall–Kier alpha value is -1.22. The lowest BCUT2D eigenvalue weighted by Gasteiger charge is -2.32. The van der Waals surface area contributed by atoms with Crippen LogP contribution in [0, 0.1) is 11.8 Å². The maximum absolute atomic E-state index is 6.18. The molecule has 0 bridgehead atoms. The predicted octanol–water partition coefficient (Wildman–Crippen LogP) is 3.83. The Labute approximate surface area is 124 Å². The number of methoxy groups -OCH3 is 1. The van der Waals surface area contributed by atoms with Gasteiger partial charge in [-0.1, -0.05) is 33.8 Å². The zero-order valence-corrected chi connectivity index (χ0v) is 13.8. The molecule has 114 valence electrons. The topological polar surface area (TPSA) is 38.5 Å². The van der Waals surface area contributed by atoms with Gasteiger partial charge in [-0.15, -0.1) is 0 Å². The van der Waals surface area contributed by atoms with Gasteiger partial charge in [-0.05, 0) is 30.9 Å². The van der Waals surface area contributed by atoms with Crippen LogP contribution in [-0.4, -0.2) is 20.2 Å². The summed E-state index contributed by atoms with van der Waals surface area (Å²) >= 11 is 0. The number of rotatable bonds is 7. The van der Waals surface area contributed by atoms with Crippen LogP contribution in [0.4, 0.5) is 5.69 Å². The van der Waals surface area contributed by atoms with E-state index in [0.717, 1.165) is 24.4 Å². The van der Waals surface area contributed by atoms with Crippen LogP contribution >= 0.6 is 0 Å². The molecule has 0 aliphatic heterocycles. The van der Waals surface area contributed by atoms with Gasteiger partial charge in [-0.25, -0.2) is 0 Å². The van der Waals surface area contributed by atoms with Crippen molar-refractivity contribution in [1.82, 2.24) is 0 Å². The molecule has 0 heterocycles. The van der Waals surface area contributed by atoms with Gasteiger partial charge in [0.15, 0.2) is 0 Å². The highest BCUT2D eigenvalue weighted by molar-refractivity contribution is 5.60. The second-order valence-corrected chi connectivity index (χ2v) is 6.37. The van der Waals surface area contributed by atoms with Crippen LogP contribution < -0.4 is 15.4 Å². The summed E-state index contributed by atoms with van der Waals surface area (Å²) in [5, 5.41) is 0. The fourth-order valence-electron chi connectivity index (χ4n) is 2.60. The van der Waals surface area contributed by atoms with Crippen molar-refractivity contribution in [3.63, 3.8) is 0 Å². The molecule has 0 aliphatic carbocycles. The summed E-state index contributed by atoms with van der Waals surface area (Å²) in [6.45, 7) is 13.1. The fourth-order valence-corrected chi connectivity index (χ4v) is 2.60. The average molecular weight is 278 g/mol. The van der Waals surface area contributed by atoms with E-state index in [4.69, 9.17) is 10.5 Å². The molecule has 1 rings (SSSR count). The number of hydrogen-bond donors (Lipinski definition) is 1. The summed E-state index contributed by atoms with van der Waals surface area (Å²) in [6, 6.07) is 6.16. The molecule has 0 fully saturated rings. The van der Waals surface area contributed by atoms with Gasteiger partial charge < -0.3 is 15.4 Å². The van der Waals surface area contributed by atoms with Crippen molar-refractivity contribution in [2.45, 2.75) is 40.7 Å². The van der Waals surface area contributed by atoms with Crippen molar-refractivity contribution in [2.24, 2.45) is 17.6 Å². The lowest BCUT2D eigenvalue weighted by Crippen LogP contribution is -2.32. The third-order valence-corrected chi connectivity index (χ3v) is 3.23. The Bertz CT molecular complexity index is 403. The predicted molar refractivity (Wildman–Crippen MR) is 87.5 cm³/mol. The second-order valence-electron chi connectivity index (χ2n) is 6.37. The molecule has 0 unspecified atom stereocenters. The van der Waals surface area contributed by atoms with Crippen LogP contribution in [0.25, 0.3) is 0 Å². The van der Waals surface area contributed by atoms with Crippen molar-refractivity contribution in [1.29, 1.82) is 0 Å². The Morgan fingerprint density at radius 2 is 1.60 bits per heavy atom. The zero-order chi connectivity index (χ0) is 15.3. The summed E-state index contributed by atoms with van der Waals surface area (Å²) in [5.41, 5.74) is 8.50.